The number of rotatable bonds is 4. The van der Waals surface area contributed by atoms with E-state index in [0.717, 1.165) is 51.6 Å². The number of aromatic nitrogens is 4. The molecule has 0 unspecified atom stereocenters. The fraction of sp³-hybridized carbons (Fsp3) is 0.900. The largest absolute Gasteiger partial charge is 0.329 e. The van der Waals surface area contributed by atoms with Gasteiger partial charge in [0.15, 0.2) is 5.82 Å². The van der Waals surface area contributed by atoms with Crippen LogP contribution in [0.5, 0.6) is 0 Å². The monoisotopic (exact) mass is 239 g/mol. The highest BCUT2D eigenvalue weighted by Crippen LogP contribution is 2.05. The van der Waals surface area contributed by atoms with Crippen LogP contribution in [0.25, 0.3) is 0 Å². The van der Waals surface area contributed by atoms with Gasteiger partial charge in [-0.25, -0.2) is 0 Å². The minimum Gasteiger partial charge on any atom is -0.329 e. The number of tetrazole rings is 1. The topological polar surface area (TPSA) is 76.1 Å². The second-order valence-corrected chi connectivity index (χ2v) is 4.46. The highest BCUT2D eigenvalue weighted by Gasteiger charge is 2.15. The van der Waals surface area contributed by atoms with Gasteiger partial charge in [-0.15, -0.1) is 10.2 Å². The summed E-state index contributed by atoms with van der Waals surface area (Å²) in [6.07, 6.45) is 1.18. The molecule has 17 heavy (non-hydrogen) atoms. The van der Waals surface area contributed by atoms with Gasteiger partial charge in [0.05, 0.1) is 13.6 Å². The second-order valence-electron chi connectivity index (χ2n) is 4.46. The maximum absolute atomic E-state index is 5.59. The Bertz CT molecular complexity index is 337. The molecule has 2 N–H and O–H groups in total. The molecule has 2 heterocycles. The zero-order chi connectivity index (χ0) is 12.1. The molecule has 1 fully saturated rings. The normalized spacial score (nSPS) is 19.4. The molecule has 0 atom stereocenters. The van der Waals surface area contributed by atoms with Crippen molar-refractivity contribution in [2.45, 2.75) is 13.0 Å². The first kappa shape index (κ1) is 12.4. The van der Waals surface area contributed by atoms with Gasteiger partial charge >= 0.3 is 0 Å². The summed E-state index contributed by atoms with van der Waals surface area (Å²) in [4.78, 5) is 6.31. The summed E-state index contributed by atoms with van der Waals surface area (Å²) in [5.41, 5.74) is 5.59. The summed E-state index contributed by atoms with van der Waals surface area (Å²) < 4.78 is 0. The average Bonchev–Trinajstić information content (AvgIpc) is 2.58. The average molecular weight is 239 g/mol. The highest BCUT2D eigenvalue weighted by atomic mass is 15.6. The van der Waals surface area contributed by atoms with Crippen molar-refractivity contribution in [2.24, 2.45) is 12.8 Å². The summed E-state index contributed by atoms with van der Waals surface area (Å²) in [5.74, 6) is 0.805. The Morgan fingerprint density at radius 1 is 1.18 bits per heavy atom. The first-order chi connectivity index (χ1) is 8.28. The summed E-state index contributed by atoms with van der Waals surface area (Å²) in [7, 11) is 1.79. The lowest BCUT2D eigenvalue weighted by atomic mass is 10.4. The van der Waals surface area contributed by atoms with Crippen molar-refractivity contribution in [3.05, 3.63) is 5.82 Å². The van der Waals surface area contributed by atoms with Gasteiger partial charge in [-0.3, -0.25) is 4.90 Å². The number of aryl methyl sites for hydroxylation is 1. The summed E-state index contributed by atoms with van der Waals surface area (Å²) >= 11 is 0. The Morgan fingerprint density at radius 2 is 1.94 bits per heavy atom. The van der Waals surface area contributed by atoms with Gasteiger partial charge in [0, 0.05) is 26.2 Å². The molecule has 0 amide bonds. The molecule has 0 radical (unpaired) electrons. The fourth-order valence-corrected chi connectivity index (χ4v) is 2.18. The molecule has 0 spiro atoms. The second kappa shape index (κ2) is 6.04. The van der Waals surface area contributed by atoms with Gasteiger partial charge in [-0.05, 0) is 24.7 Å². The lowest BCUT2D eigenvalue weighted by Gasteiger charge is -2.19. The third-order valence-corrected chi connectivity index (χ3v) is 3.04. The van der Waals surface area contributed by atoms with Gasteiger partial charge in [-0.2, -0.15) is 4.80 Å². The molecule has 0 saturated carbocycles. The van der Waals surface area contributed by atoms with Gasteiger partial charge in [0.1, 0.15) is 0 Å². The zero-order valence-corrected chi connectivity index (χ0v) is 10.4. The molecule has 7 heteroatoms. The van der Waals surface area contributed by atoms with Crippen LogP contribution in [-0.4, -0.2) is 69.3 Å². The molecule has 2 rings (SSSR count). The lowest BCUT2D eigenvalue weighted by Crippen LogP contribution is -2.33. The minimum absolute atomic E-state index is 0.742. The van der Waals surface area contributed by atoms with Gasteiger partial charge in [0.25, 0.3) is 0 Å². The van der Waals surface area contributed by atoms with Crippen LogP contribution in [0.2, 0.25) is 0 Å². The number of nitrogens with zero attached hydrogens (tertiary/aromatic N) is 6. The molecular formula is C10H21N7. The Hall–Kier alpha value is -1.05. The third-order valence-electron chi connectivity index (χ3n) is 3.04. The minimum atomic E-state index is 0.742. The van der Waals surface area contributed by atoms with Crippen LogP contribution < -0.4 is 5.73 Å². The first-order valence-electron chi connectivity index (χ1n) is 6.15. The predicted octanol–water partition coefficient (Wildman–Crippen LogP) is -1.32. The van der Waals surface area contributed by atoms with E-state index in [4.69, 9.17) is 5.73 Å². The van der Waals surface area contributed by atoms with Crippen LogP contribution in [0.15, 0.2) is 0 Å². The van der Waals surface area contributed by atoms with Crippen LogP contribution >= 0.6 is 0 Å². The molecule has 1 aromatic rings. The molecule has 1 aliphatic rings. The van der Waals surface area contributed by atoms with Crippen LogP contribution in [0.1, 0.15) is 12.2 Å². The van der Waals surface area contributed by atoms with Gasteiger partial charge < -0.3 is 10.6 Å². The van der Waals surface area contributed by atoms with Crippen molar-refractivity contribution >= 4 is 0 Å². The van der Waals surface area contributed by atoms with E-state index in [0.29, 0.717) is 0 Å². The molecule has 0 aliphatic carbocycles. The van der Waals surface area contributed by atoms with E-state index in [1.54, 1.807) is 7.05 Å². The van der Waals surface area contributed by atoms with Crippen LogP contribution in [-0.2, 0) is 13.6 Å². The van der Waals surface area contributed by atoms with E-state index in [2.05, 4.69) is 25.2 Å². The molecule has 7 nitrogen and oxygen atoms in total. The van der Waals surface area contributed by atoms with E-state index in [9.17, 15) is 0 Å². The van der Waals surface area contributed by atoms with E-state index >= 15 is 0 Å². The molecule has 1 aromatic heterocycles. The van der Waals surface area contributed by atoms with Crippen LogP contribution in [0, 0.1) is 0 Å². The zero-order valence-electron chi connectivity index (χ0n) is 10.4. The quantitative estimate of drug-likeness (QED) is 0.702. The van der Waals surface area contributed by atoms with Crippen LogP contribution in [0.4, 0.5) is 0 Å². The predicted molar refractivity (Wildman–Crippen MR) is 64.2 cm³/mol. The number of hydrogen-bond donors (Lipinski definition) is 1. The van der Waals surface area contributed by atoms with Crippen molar-refractivity contribution in [2.75, 3.05) is 39.3 Å². The van der Waals surface area contributed by atoms with Crippen molar-refractivity contribution in [1.82, 2.24) is 30.0 Å². The van der Waals surface area contributed by atoms with E-state index < -0.39 is 0 Å². The third kappa shape index (κ3) is 3.72. The Morgan fingerprint density at radius 3 is 2.65 bits per heavy atom. The van der Waals surface area contributed by atoms with E-state index in [-0.39, 0.29) is 0 Å². The first-order valence-corrected chi connectivity index (χ1v) is 6.15. The maximum Gasteiger partial charge on any atom is 0.188 e. The number of hydrogen-bond acceptors (Lipinski definition) is 6. The summed E-state index contributed by atoms with van der Waals surface area (Å²) in [6, 6.07) is 0. The molecule has 0 aromatic carbocycles. The lowest BCUT2D eigenvalue weighted by molar-refractivity contribution is 0.250. The molecule has 1 saturated heterocycles. The molecule has 96 valence electrons. The van der Waals surface area contributed by atoms with Crippen molar-refractivity contribution in [1.29, 1.82) is 0 Å². The Labute approximate surface area is 102 Å². The molecular weight excluding hydrogens is 218 g/mol. The highest BCUT2D eigenvalue weighted by molar-refractivity contribution is 4.79. The van der Waals surface area contributed by atoms with E-state index in [1.807, 2.05) is 0 Å². The van der Waals surface area contributed by atoms with Crippen molar-refractivity contribution in [3.8, 4) is 0 Å². The maximum atomic E-state index is 5.59. The Balaban J connectivity index is 1.82. The van der Waals surface area contributed by atoms with Crippen molar-refractivity contribution in [3.63, 3.8) is 0 Å². The summed E-state index contributed by atoms with van der Waals surface area (Å²) in [5, 5.41) is 12.1. The van der Waals surface area contributed by atoms with Gasteiger partial charge in [-0.1, -0.05) is 0 Å². The van der Waals surface area contributed by atoms with Crippen LogP contribution in [0.3, 0.4) is 0 Å². The standard InChI is InChI=1S/C10H21N7/c1-15-13-10(12-14-15)9-17-5-2-4-16(6-3-11)7-8-17/h2-9,11H2,1H3. The Kier molecular flexibility index (Phi) is 4.41. The van der Waals surface area contributed by atoms with Crippen molar-refractivity contribution < 1.29 is 0 Å². The van der Waals surface area contributed by atoms with Gasteiger partial charge in [0.2, 0.25) is 0 Å². The van der Waals surface area contributed by atoms with E-state index in [1.165, 1.54) is 11.2 Å². The smallest absolute Gasteiger partial charge is 0.188 e. The SMILES string of the molecule is Cn1nnc(CN2CCCN(CCN)CC2)n1. The number of nitrogens with two attached hydrogens (primary N) is 1. The fourth-order valence-electron chi connectivity index (χ4n) is 2.18. The summed E-state index contributed by atoms with van der Waals surface area (Å²) in [6.45, 7) is 6.91. The molecule has 0 bridgehead atoms. The molecule has 1 aliphatic heterocycles.